The van der Waals surface area contributed by atoms with E-state index in [1.54, 1.807) is 0 Å². The number of alkyl halides is 3. The highest BCUT2D eigenvalue weighted by atomic mass is 19.4. The summed E-state index contributed by atoms with van der Waals surface area (Å²) in [6, 6.07) is 2.35. The Labute approximate surface area is 116 Å². The maximum atomic E-state index is 13.0. The van der Waals surface area contributed by atoms with Gasteiger partial charge in [0.05, 0.1) is 11.1 Å². The van der Waals surface area contributed by atoms with Gasteiger partial charge in [0.15, 0.2) is 0 Å². The summed E-state index contributed by atoms with van der Waals surface area (Å²) in [4.78, 5) is 3.88. The Morgan fingerprint density at radius 1 is 1.45 bits per heavy atom. The van der Waals surface area contributed by atoms with Gasteiger partial charge in [0.1, 0.15) is 5.82 Å². The lowest BCUT2D eigenvalue weighted by Crippen LogP contribution is -2.52. The van der Waals surface area contributed by atoms with Crippen LogP contribution in [0.25, 0.3) is 0 Å². The van der Waals surface area contributed by atoms with Crippen LogP contribution in [-0.4, -0.2) is 17.1 Å². The minimum Gasteiger partial charge on any atom is -0.363 e. The molecule has 2 rings (SSSR count). The van der Waals surface area contributed by atoms with Crippen LogP contribution in [-0.2, 0) is 6.18 Å². The third-order valence-electron chi connectivity index (χ3n) is 4.30. The molecule has 6 heteroatoms. The second-order valence-corrected chi connectivity index (χ2v) is 5.53. The predicted molar refractivity (Wildman–Crippen MR) is 72.3 cm³/mol. The SMILES string of the molecule is CC1CCCCC1(CN)Nc1ncccc1C(F)(F)F. The lowest BCUT2D eigenvalue weighted by molar-refractivity contribution is -0.137. The van der Waals surface area contributed by atoms with Gasteiger partial charge in [-0.1, -0.05) is 19.8 Å². The summed E-state index contributed by atoms with van der Waals surface area (Å²) in [6.45, 7) is 2.34. The van der Waals surface area contributed by atoms with Crippen LogP contribution in [0.3, 0.4) is 0 Å². The Bertz CT molecular complexity index is 461. The Morgan fingerprint density at radius 3 is 2.80 bits per heavy atom. The molecule has 0 aliphatic heterocycles. The second-order valence-electron chi connectivity index (χ2n) is 5.53. The number of anilines is 1. The van der Waals surface area contributed by atoms with Crippen molar-refractivity contribution in [2.75, 3.05) is 11.9 Å². The van der Waals surface area contributed by atoms with Crippen molar-refractivity contribution in [1.29, 1.82) is 0 Å². The van der Waals surface area contributed by atoms with Crippen LogP contribution in [0.4, 0.5) is 19.0 Å². The summed E-state index contributed by atoms with van der Waals surface area (Å²) in [5.74, 6) is 0.114. The van der Waals surface area contributed by atoms with Gasteiger partial charge in [0, 0.05) is 12.7 Å². The molecule has 3 N–H and O–H groups in total. The van der Waals surface area contributed by atoms with E-state index in [4.69, 9.17) is 5.73 Å². The molecule has 0 amide bonds. The minimum absolute atomic E-state index is 0.112. The molecule has 1 aliphatic rings. The number of nitrogens with zero attached hydrogens (tertiary/aromatic N) is 1. The van der Waals surface area contributed by atoms with Gasteiger partial charge >= 0.3 is 6.18 Å². The molecule has 0 radical (unpaired) electrons. The standard InChI is InChI=1S/C14H20F3N3/c1-10-5-2-3-7-13(10,9-18)20-12-11(14(15,16)17)6-4-8-19-12/h4,6,8,10H,2-3,5,7,9,18H2,1H3,(H,19,20). The number of rotatable bonds is 3. The molecule has 3 nitrogen and oxygen atoms in total. The summed E-state index contributed by atoms with van der Waals surface area (Å²) in [5, 5.41) is 3.01. The quantitative estimate of drug-likeness (QED) is 0.895. The summed E-state index contributed by atoms with van der Waals surface area (Å²) >= 11 is 0. The first-order chi connectivity index (χ1) is 9.39. The molecule has 1 aromatic heterocycles. The van der Waals surface area contributed by atoms with Crippen LogP contribution in [0.2, 0.25) is 0 Å². The molecule has 1 heterocycles. The average molecular weight is 287 g/mol. The first-order valence-electron chi connectivity index (χ1n) is 6.89. The molecule has 2 atom stereocenters. The van der Waals surface area contributed by atoms with Crippen molar-refractivity contribution in [2.24, 2.45) is 11.7 Å². The normalized spacial score (nSPS) is 27.4. The lowest BCUT2D eigenvalue weighted by Gasteiger charge is -2.43. The van der Waals surface area contributed by atoms with Gasteiger partial charge in [-0.3, -0.25) is 0 Å². The van der Waals surface area contributed by atoms with Crippen molar-refractivity contribution in [3.05, 3.63) is 23.9 Å². The maximum absolute atomic E-state index is 13.0. The zero-order chi connectivity index (χ0) is 14.8. The predicted octanol–water partition coefficient (Wildman–Crippen LogP) is 3.42. The highest BCUT2D eigenvalue weighted by Gasteiger charge is 2.40. The molecule has 1 aliphatic carbocycles. The van der Waals surface area contributed by atoms with E-state index in [1.807, 2.05) is 6.92 Å². The summed E-state index contributed by atoms with van der Waals surface area (Å²) in [6.07, 6.45) is 0.776. The molecule has 0 spiro atoms. The van der Waals surface area contributed by atoms with Gasteiger partial charge in [-0.25, -0.2) is 4.98 Å². The fourth-order valence-corrected chi connectivity index (χ4v) is 2.92. The van der Waals surface area contributed by atoms with Crippen LogP contribution in [0.1, 0.15) is 38.2 Å². The molecule has 112 valence electrons. The van der Waals surface area contributed by atoms with Crippen molar-refractivity contribution in [3.8, 4) is 0 Å². The van der Waals surface area contributed by atoms with Crippen molar-refractivity contribution >= 4 is 5.82 Å². The van der Waals surface area contributed by atoms with Gasteiger partial charge in [0.2, 0.25) is 0 Å². The molecule has 1 saturated carbocycles. The van der Waals surface area contributed by atoms with E-state index in [1.165, 1.54) is 12.3 Å². The van der Waals surface area contributed by atoms with Crippen LogP contribution in [0.5, 0.6) is 0 Å². The average Bonchev–Trinajstić information content (AvgIpc) is 2.41. The first kappa shape index (κ1) is 15.1. The maximum Gasteiger partial charge on any atom is 0.419 e. The number of hydrogen-bond donors (Lipinski definition) is 2. The summed E-state index contributed by atoms with van der Waals surface area (Å²) < 4.78 is 39.1. The van der Waals surface area contributed by atoms with Gasteiger partial charge in [-0.05, 0) is 30.9 Å². The van der Waals surface area contributed by atoms with E-state index in [2.05, 4.69) is 10.3 Å². The minimum atomic E-state index is -4.41. The number of pyridine rings is 1. The number of aromatic nitrogens is 1. The van der Waals surface area contributed by atoms with E-state index in [-0.39, 0.29) is 11.7 Å². The number of nitrogens with two attached hydrogens (primary N) is 1. The van der Waals surface area contributed by atoms with Crippen molar-refractivity contribution in [2.45, 2.75) is 44.3 Å². The van der Waals surface area contributed by atoms with E-state index < -0.39 is 17.3 Å². The van der Waals surface area contributed by atoms with Gasteiger partial charge in [-0.15, -0.1) is 0 Å². The molecule has 0 bridgehead atoms. The Hall–Kier alpha value is -1.30. The molecular formula is C14H20F3N3. The van der Waals surface area contributed by atoms with Gasteiger partial charge < -0.3 is 11.1 Å². The molecule has 0 aromatic carbocycles. The number of nitrogens with one attached hydrogen (secondary N) is 1. The lowest BCUT2D eigenvalue weighted by atomic mass is 9.73. The summed E-state index contributed by atoms with van der Waals surface area (Å²) in [5.41, 5.74) is 4.64. The van der Waals surface area contributed by atoms with E-state index in [0.29, 0.717) is 6.54 Å². The third-order valence-corrected chi connectivity index (χ3v) is 4.30. The molecule has 1 fully saturated rings. The number of hydrogen-bond acceptors (Lipinski definition) is 3. The Kier molecular flexibility index (Phi) is 4.22. The highest BCUT2D eigenvalue weighted by Crippen LogP contribution is 2.39. The second kappa shape index (κ2) is 5.60. The summed E-state index contributed by atoms with van der Waals surface area (Å²) in [7, 11) is 0. The fraction of sp³-hybridized carbons (Fsp3) is 0.643. The zero-order valence-electron chi connectivity index (χ0n) is 11.5. The van der Waals surface area contributed by atoms with E-state index in [9.17, 15) is 13.2 Å². The van der Waals surface area contributed by atoms with Crippen LogP contribution in [0.15, 0.2) is 18.3 Å². The fourth-order valence-electron chi connectivity index (χ4n) is 2.92. The van der Waals surface area contributed by atoms with Crippen LogP contribution in [0, 0.1) is 5.92 Å². The topological polar surface area (TPSA) is 50.9 Å². The van der Waals surface area contributed by atoms with Crippen molar-refractivity contribution in [3.63, 3.8) is 0 Å². The molecule has 1 aromatic rings. The van der Waals surface area contributed by atoms with E-state index >= 15 is 0 Å². The largest absolute Gasteiger partial charge is 0.419 e. The Balaban J connectivity index is 2.33. The third kappa shape index (κ3) is 2.90. The number of halogens is 3. The molecule has 0 saturated heterocycles. The monoisotopic (exact) mass is 287 g/mol. The highest BCUT2D eigenvalue weighted by molar-refractivity contribution is 5.48. The Morgan fingerprint density at radius 2 is 2.20 bits per heavy atom. The zero-order valence-corrected chi connectivity index (χ0v) is 11.5. The van der Waals surface area contributed by atoms with E-state index in [0.717, 1.165) is 31.7 Å². The van der Waals surface area contributed by atoms with Gasteiger partial charge in [-0.2, -0.15) is 13.2 Å². The molecular weight excluding hydrogens is 267 g/mol. The van der Waals surface area contributed by atoms with Crippen LogP contribution >= 0.6 is 0 Å². The molecule has 20 heavy (non-hydrogen) atoms. The van der Waals surface area contributed by atoms with Crippen molar-refractivity contribution < 1.29 is 13.2 Å². The van der Waals surface area contributed by atoms with Gasteiger partial charge in [0.25, 0.3) is 0 Å². The smallest absolute Gasteiger partial charge is 0.363 e. The van der Waals surface area contributed by atoms with Crippen LogP contribution < -0.4 is 11.1 Å². The molecule has 2 unspecified atom stereocenters. The first-order valence-corrected chi connectivity index (χ1v) is 6.89. The van der Waals surface area contributed by atoms with Crippen molar-refractivity contribution in [1.82, 2.24) is 4.98 Å².